The average molecular weight is 530 g/mol. The first kappa shape index (κ1) is 26.8. The lowest BCUT2D eigenvalue weighted by molar-refractivity contribution is -0.141. The van der Waals surface area contributed by atoms with Crippen molar-refractivity contribution in [1.29, 1.82) is 0 Å². The molecule has 8 heteroatoms. The third-order valence-corrected chi connectivity index (χ3v) is 5.97. The van der Waals surface area contributed by atoms with Crippen LogP contribution in [0.25, 0.3) is 11.1 Å². The molecule has 1 N–H and O–H groups in total. The van der Waals surface area contributed by atoms with E-state index in [9.17, 15) is 9.59 Å². The van der Waals surface area contributed by atoms with E-state index in [2.05, 4.69) is 15.3 Å². The third-order valence-electron chi connectivity index (χ3n) is 5.71. The van der Waals surface area contributed by atoms with E-state index in [-0.39, 0.29) is 31.2 Å². The maximum absolute atomic E-state index is 13.1. The molecule has 3 aromatic carbocycles. The zero-order chi connectivity index (χ0) is 26.9. The minimum Gasteiger partial charge on any atom is -0.485 e. The number of halogens is 1. The first-order chi connectivity index (χ1) is 18.4. The van der Waals surface area contributed by atoms with Crippen molar-refractivity contribution in [2.45, 2.75) is 26.9 Å². The minimum absolute atomic E-state index is 0.0745. The summed E-state index contributed by atoms with van der Waals surface area (Å²) in [5, 5.41) is 3.27. The predicted octanol–water partition coefficient (Wildman–Crippen LogP) is 5.57. The van der Waals surface area contributed by atoms with E-state index in [0.29, 0.717) is 23.0 Å². The van der Waals surface area contributed by atoms with E-state index in [1.54, 1.807) is 13.8 Å². The van der Waals surface area contributed by atoms with Gasteiger partial charge in [-0.15, -0.1) is 0 Å². The molecule has 1 aromatic heterocycles. The molecule has 1 amide bonds. The first-order valence-electron chi connectivity index (χ1n) is 12.3. The van der Waals surface area contributed by atoms with Crippen molar-refractivity contribution < 1.29 is 19.1 Å². The lowest BCUT2D eigenvalue weighted by Gasteiger charge is -2.15. The molecule has 0 fully saturated rings. The van der Waals surface area contributed by atoms with Crippen LogP contribution in [0.2, 0.25) is 5.02 Å². The molecule has 0 bridgehead atoms. The summed E-state index contributed by atoms with van der Waals surface area (Å²) < 4.78 is 10.9. The van der Waals surface area contributed by atoms with Crippen molar-refractivity contribution in [1.82, 2.24) is 15.3 Å². The largest absolute Gasteiger partial charge is 0.485 e. The number of rotatable bonds is 10. The Morgan fingerprint density at radius 2 is 1.53 bits per heavy atom. The second-order valence-electron chi connectivity index (χ2n) is 8.55. The standard InChI is InChI=1S/C30H28ClN3O4/c1-3-37-27(35)18-32-30(36)28-29(38-19-22-7-5-4-6-8-22)20(2)33-26(34-28)17-21-9-11-23(12-10-21)24-13-15-25(31)16-14-24/h4-16H,3,17-19H2,1-2H3,(H,32,36). The van der Waals surface area contributed by atoms with Crippen molar-refractivity contribution in [2.75, 3.05) is 13.2 Å². The van der Waals surface area contributed by atoms with Crippen LogP contribution in [0.15, 0.2) is 78.9 Å². The molecule has 0 aliphatic rings. The number of nitrogens with one attached hydrogen (secondary N) is 1. The van der Waals surface area contributed by atoms with Crippen LogP contribution in [-0.4, -0.2) is 35.0 Å². The lowest BCUT2D eigenvalue weighted by Crippen LogP contribution is -2.32. The molecule has 0 aliphatic heterocycles. The summed E-state index contributed by atoms with van der Waals surface area (Å²) in [6, 6.07) is 25.3. The van der Waals surface area contributed by atoms with Gasteiger partial charge in [-0.1, -0.05) is 78.3 Å². The van der Waals surface area contributed by atoms with Gasteiger partial charge in [0.15, 0.2) is 11.4 Å². The number of ether oxygens (including phenoxy) is 2. The van der Waals surface area contributed by atoms with Crippen molar-refractivity contribution in [2.24, 2.45) is 0 Å². The van der Waals surface area contributed by atoms with Crippen LogP contribution in [0, 0.1) is 6.92 Å². The highest BCUT2D eigenvalue weighted by Crippen LogP contribution is 2.25. The van der Waals surface area contributed by atoms with Gasteiger partial charge in [0.1, 0.15) is 19.0 Å². The quantitative estimate of drug-likeness (QED) is 0.270. The van der Waals surface area contributed by atoms with Gasteiger partial charge < -0.3 is 14.8 Å². The Hall–Kier alpha value is -4.23. The number of amides is 1. The molecule has 4 rings (SSSR count). The summed E-state index contributed by atoms with van der Waals surface area (Å²) in [6.07, 6.45) is 0.416. The Morgan fingerprint density at radius 1 is 0.868 bits per heavy atom. The number of nitrogens with zero attached hydrogens (tertiary/aromatic N) is 2. The van der Waals surface area contributed by atoms with Crippen molar-refractivity contribution in [3.8, 4) is 16.9 Å². The van der Waals surface area contributed by atoms with E-state index in [4.69, 9.17) is 21.1 Å². The zero-order valence-corrected chi connectivity index (χ0v) is 22.0. The average Bonchev–Trinajstić information content (AvgIpc) is 2.92. The highest BCUT2D eigenvalue weighted by Gasteiger charge is 2.21. The Kier molecular flexibility index (Phi) is 9.06. The number of carbonyl (C=O) groups is 2. The topological polar surface area (TPSA) is 90.4 Å². The van der Waals surface area contributed by atoms with Gasteiger partial charge in [0.2, 0.25) is 0 Å². The lowest BCUT2D eigenvalue weighted by atomic mass is 10.0. The maximum atomic E-state index is 13.1. The van der Waals surface area contributed by atoms with Crippen LogP contribution in [0.4, 0.5) is 0 Å². The highest BCUT2D eigenvalue weighted by molar-refractivity contribution is 6.30. The second kappa shape index (κ2) is 12.8. The van der Waals surface area contributed by atoms with Gasteiger partial charge >= 0.3 is 5.97 Å². The van der Waals surface area contributed by atoms with Crippen molar-refractivity contribution in [3.05, 3.63) is 112 Å². The van der Waals surface area contributed by atoms with Crippen LogP contribution in [0.5, 0.6) is 5.75 Å². The molecule has 0 saturated carbocycles. The molecular formula is C30H28ClN3O4. The van der Waals surface area contributed by atoms with Crippen molar-refractivity contribution >= 4 is 23.5 Å². The van der Waals surface area contributed by atoms with Gasteiger partial charge in [-0.05, 0) is 48.2 Å². The number of esters is 1. The minimum atomic E-state index is -0.536. The van der Waals surface area contributed by atoms with Crippen LogP contribution in [0.3, 0.4) is 0 Å². The van der Waals surface area contributed by atoms with Crippen LogP contribution in [0.1, 0.15) is 40.1 Å². The fourth-order valence-electron chi connectivity index (χ4n) is 3.84. The van der Waals surface area contributed by atoms with E-state index >= 15 is 0 Å². The van der Waals surface area contributed by atoms with Crippen LogP contribution < -0.4 is 10.1 Å². The van der Waals surface area contributed by atoms with Crippen LogP contribution >= 0.6 is 11.6 Å². The SMILES string of the molecule is CCOC(=O)CNC(=O)c1nc(Cc2ccc(-c3ccc(Cl)cc3)cc2)nc(C)c1OCc1ccccc1. The fourth-order valence-corrected chi connectivity index (χ4v) is 3.97. The van der Waals surface area contributed by atoms with E-state index < -0.39 is 11.9 Å². The summed E-state index contributed by atoms with van der Waals surface area (Å²) in [5.74, 6) is -0.322. The monoisotopic (exact) mass is 529 g/mol. The summed E-state index contributed by atoms with van der Waals surface area (Å²) >= 11 is 6.00. The number of aryl methyl sites for hydroxylation is 1. The first-order valence-corrected chi connectivity index (χ1v) is 12.6. The Morgan fingerprint density at radius 3 is 2.18 bits per heavy atom. The molecule has 0 saturated heterocycles. The summed E-state index contributed by atoms with van der Waals surface area (Å²) in [4.78, 5) is 34.0. The molecule has 38 heavy (non-hydrogen) atoms. The molecule has 0 unspecified atom stereocenters. The number of carbonyl (C=O) groups excluding carboxylic acids is 2. The zero-order valence-electron chi connectivity index (χ0n) is 21.2. The number of hydrogen-bond acceptors (Lipinski definition) is 6. The molecule has 7 nitrogen and oxygen atoms in total. The Bertz CT molecular complexity index is 1390. The normalized spacial score (nSPS) is 10.6. The molecule has 0 aliphatic carbocycles. The van der Waals surface area contributed by atoms with Gasteiger partial charge in [-0.25, -0.2) is 9.97 Å². The highest BCUT2D eigenvalue weighted by atomic mass is 35.5. The smallest absolute Gasteiger partial charge is 0.325 e. The Balaban J connectivity index is 1.56. The van der Waals surface area contributed by atoms with Gasteiger partial charge in [0.25, 0.3) is 5.91 Å². The van der Waals surface area contributed by atoms with Gasteiger partial charge in [-0.2, -0.15) is 0 Å². The van der Waals surface area contributed by atoms with Gasteiger partial charge in [0, 0.05) is 11.4 Å². The number of benzene rings is 3. The van der Waals surface area contributed by atoms with E-state index in [1.165, 1.54) is 0 Å². The molecule has 0 atom stereocenters. The molecule has 4 aromatic rings. The van der Waals surface area contributed by atoms with Crippen LogP contribution in [-0.2, 0) is 22.6 Å². The third kappa shape index (κ3) is 7.17. The van der Waals surface area contributed by atoms with Gasteiger partial charge in [-0.3, -0.25) is 9.59 Å². The molecule has 1 heterocycles. The molecule has 0 radical (unpaired) electrons. The fraction of sp³-hybridized carbons (Fsp3) is 0.200. The second-order valence-corrected chi connectivity index (χ2v) is 8.98. The maximum Gasteiger partial charge on any atom is 0.325 e. The Labute approximate surface area is 226 Å². The molecule has 0 spiro atoms. The predicted molar refractivity (Wildman–Crippen MR) is 146 cm³/mol. The number of hydrogen-bond donors (Lipinski definition) is 1. The van der Waals surface area contributed by atoms with E-state index in [0.717, 1.165) is 22.3 Å². The number of aromatic nitrogens is 2. The molecule has 194 valence electrons. The summed E-state index contributed by atoms with van der Waals surface area (Å²) in [6.45, 7) is 3.69. The van der Waals surface area contributed by atoms with Crippen molar-refractivity contribution in [3.63, 3.8) is 0 Å². The summed E-state index contributed by atoms with van der Waals surface area (Å²) in [7, 11) is 0. The van der Waals surface area contributed by atoms with E-state index in [1.807, 2.05) is 78.9 Å². The molecular weight excluding hydrogens is 502 g/mol. The van der Waals surface area contributed by atoms with Gasteiger partial charge in [0.05, 0.1) is 12.3 Å². The summed E-state index contributed by atoms with van der Waals surface area (Å²) in [5.41, 5.74) is 4.66.